The van der Waals surface area contributed by atoms with Crippen LogP contribution in [-0.2, 0) is 10.0 Å². The molecule has 0 spiro atoms. The van der Waals surface area contributed by atoms with E-state index in [1.807, 2.05) is 0 Å². The number of nitrogens with zero attached hydrogens (tertiary/aromatic N) is 1. The highest BCUT2D eigenvalue weighted by Gasteiger charge is 2.18. The third-order valence-electron chi connectivity index (χ3n) is 2.37. The van der Waals surface area contributed by atoms with Crippen LogP contribution >= 0.6 is 15.9 Å². The first-order valence-electron chi connectivity index (χ1n) is 5.23. The number of aryl methyl sites for hydroxylation is 1. The molecule has 0 aliphatic rings. The molecule has 0 radical (unpaired) electrons. The number of pyridine rings is 2. The average Bonchev–Trinajstić information content (AvgIpc) is 2.33. The molecule has 0 fully saturated rings. The molecule has 0 amide bonds. The fourth-order valence-electron chi connectivity index (χ4n) is 1.45. The number of anilines is 1. The smallest absolute Gasteiger partial charge is 0.267 e. The number of halogens is 1. The van der Waals surface area contributed by atoms with Gasteiger partial charge in [0.15, 0.2) is 4.90 Å². The van der Waals surface area contributed by atoms with Crippen LogP contribution in [0.4, 0.5) is 5.69 Å². The maximum Gasteiger partial charge on any atom is 0.267 e. The van der Waals surface area contributed by atoms with Gasteiger partial charge in [-0.25, -0.2) is 13.4 Å². The lowest BCUT2D eigenvalue weighted by Gasteiger charge is -2.09. The summed E-state index contributed by atoms with van der Waals surface area (Å²) in [5.41, 5.74) is 0.255. The normalized spacial score (nSPS) is 11.3. The maximum atomic E-state index is 12.1. The van der Waals surface area contributed by atoms with Crippen molar-refractivity contribution < 1.29 is 8.42 Å². The van der Waals surface area contributed by atoms with Gasteiger partial charge in [-0.15, -0.1) is 0 Å². The number of aromatic nitrogens is 2. The number of nitrogens with one attached hydrogen (secondary N) is 2. The SMILES string of the molecule is Cc1nc(Br)ccc1NS(=O)(=O)c1c[nH]ccc1=O. The van der Waals surface area contributed by atoms with Crippen LogP contribution in [0, 0.1) is 6.92 Å². The van der Waals surface area contributed by atoms with Gasteiger partial charge in [0.1, 0.15) is 4.60 Å². The molecule has 19 heavy (non-hydrogen) atoms. The van der Waals surface area contributed by atoms with Gasteiger partial charge in [0.2, 0.25) is 5.43 Å². The summed E-state index contributed by atoms with van der Waals surface area (Å²) in [5.74, 6) is 0. The standard InChI is InChI=1S/C11H10BrN3O3S/c1-7-8(2-3-11(12)14-7)15-19(17,18)10-6-13-5-4-9(10)16/h2-6,15H,1H3,(H,13,16). The van der Waals surface area contributed by atoms with Crippen LogP contribution in [0.5, 0.6) is 0 Å². The second-order valence-electron chi connectivity index (χ2n) is 3.75. The lowest BCUT2D eigenvalue weighted by Crippen LogP contribution is -2.21. The van der Waals surface area contributed by atoms with E-state index in [2.05, 4.69) is 30.6 Å². The lowest BCUT2D eigenvalue weighted by molar-refractivity contribution is 0.600. The summed E-state index contributed by atoms with van der Waals surface area (Å²) in [6, 6.07) is 4.34. The second-order valence-corrected chi connectivity index (χ2v) is 6.21. The Labute approximate surface area is 118 Å². The first-order chi connectivity index (χ1) is 8.90. The summed E-state index contributed by atoms with van der Waals surface area (Å²) in [5, 5.41) is 0. The minimum absolute atomic E-state index is 0.325. The minimum atomic E-state index is -3.93. The average molecular weight is 344 g/mol. The van der Waals surface area contributed by atoms with E-state index < -0.39 is 15.5 Å². The topological polar surface area (TPSA) is 91.9 Å². The lowest BCUT2D eigenvalue weighted by atomic mass is 10.3. The molecule has 6 nitrogen and oxygen atoms in total. The van der Waals surface area contributed by atoms with Crippen molar-refractivity contribution in [2.24, 2.45) is 0 Å². The van der Waals surface area contributed by atoms with Gasteiger partial charge in [-0.2, -0.15) is 0 Å². The zero-order valence-corrected chi connectivity index (χ0v) is 12.2. The number of hydrogen-bond acceptors (Lipinski definition) is 4. The molecular weight excluding hydrogens is 334 g/mol. The van der Waals surface area contributed by atoms with Gasteiger partial charge >= 0.3 is 0 Å². The van der Waals surface area contributed by atoms with Crippen molar-refractivity contribution in [3.63, 3.8) is 0 Å². The monoisotopic (exact) mass is 343 g/mol. The second kappa shape index (κ2) is 5.14. The quantitative estimate of drug-likeness (QED) is 0.828. The summed E-state index contributed by atoms with van der Waals surface area (Å²) in [6.45, 7) is 1.66. The molecule has 2 rings (SSSR count). The largest absolute Gasteiger partial charge is 0.366 e. The zero-order chi connectivity index (χ0) is 14.0. The molecule has 100 valence electrons. The van der Waals surface area contributed by atoms with Crippen molar-refractivity contribution in [3.8, 4) is 0 Å². The van der Waals surface area contributed by atoms with E-state index in [0.717, 1.165) is 12.3 Å². The van der Waals surface area contributed by atoms with E-state index in [4.69, 9.17) is 0 Å². The Hall–Kier alpha value is -1.67. The number of hydrogen-bond donors (Lipinski definition) is 2. The van der Waals surface area contributed by atoms with E-state index in [9.17, 15) is 13.2 Å². The summed E-state index contributed by atoms with van der Waals surface area (Å²) < 4.78 is 27.1. The molecule has 0 atom stereocenters. The van der Waals surface area contributed by atoms with Crippen LogP contribution < -0.4 is 10.2 Å². The number of rotatable bonds is 3. The van der Waals surface area contributed by atoms with Crippen LogP contribution in [0.1, 0.15) is 5.69 Å². The Balaban J connectivity index is 2.43. The molecule has 0 saturated heterocycles. The molecule has 0 aliphatic carbocycles. The van der Waals surface area contributed by atoms with Gasteiger partial charge in [0.25, 0.3) is 10.0 Å². The van der Waals surface area contributed by atoms with Gasteiger partial charge in [0.05, 0.1) is 11.4 Å². The summed E-state index contributed by atoms with van der Waals surface area (Å²) in [6.07, 6.45) is 2.51. The predicted molar refractivity (Wildman–Crippen MR) is 74.5 cm³/mol. The van der Waals surface area contributed by atoms with Crippen LogP contribution in [0.2, 0.25) is 0 Å². The van der Waals surface area contributed by atoms with Crippen molar-refractivity contribution in [2.45, 2.75) is 11.8 Å². The van der Waals surface area contributed by atoms with Gasteiger partial charge in [-0.1, -0.05) is 0 Å². The first-order valence-corrected chi connectivity index (χ1v) is 7.51. The molecule has 0 aromatic carbocycles. The minimum Gasteiger partial charge on any atom is -0.366 e. The van der Waals surface area contributed by atoms with Gasteiger partial charge in [0, 0.05) is 18.5 Å². The van der Waals surface area contributed by atoms with Gasteiger partial charge in [-0.3, -0.25) is 9.52 Å². The number of aromatic amines is 1. The highest BCUT2D eigenvalue weighted by atomic mass is 79.9. The first kappa shape index (κ1) is 13.8. The van der Waals surface area contributed by atoms with Crippen LogP contribution in [-0.4, -0.2) is 18.4 Å². The number of sulfonamides is 1. The highest BCUT2D eigenvalue weighted by Crippen LogP contribution is 2.19. The van der Waals surface area contributed by atoms with Crippen molar-refractivity contribution in [2.75, 3.05) is 4.72 Å². The summed E-state index contributed by atoms with van der Waals surface area (Å²) >= 11 is 3.19. The third-order valence-corrected chi connectivity index (χ3v) is 4.20. The fraction of sp³-hybridized carbons (Fsp3) is 0.0909. The van der Waals surface area contributed by atoms with E-state index in [1.165, 1.54) is 6.20 Å². The summed E-state index contributed by atoms with van der Waals surface area (Å²) in [4.78, 5) is 17.8. The molecule has 0 unspecified atom stereocenters. The Morgan fingerprint density at radius 2 is 2.05 bits per heavy atom. The molecule has 2 heterocycles. The predicted octanol–water partition coefficient (Wildman–Crippen LogP) is 1.64. The van der Waals surface area contributed by atoms with Crippen molar-refractivity contribution in [1.29, 1.82) is 0 Å². The van der Waals surface area contributed by atoms with Crippen molar-refractivity contribution >= 4 is 31.6 Å². The summed E-state index contributed by atoms with van der Waals surface area (Å²) in [7, 11) is -3.93. The zero-order valence-electron chi connectivity index (χ0n) is 9.84. The number of H-pyrrole nitrogens is 1. The van der Waals surface area contributed by atoms with E-state index >= 15 is 0 Å². The van der Waals surface area contributed by atoms with E-state index in [-0.39, 0.29) is 4.90 Å². The fourth-order valence-corrected chi connectivity index (χ4v) is 3.02. The molecule has 2 aromatic rings. The van der Waals surface area contributed by atoms with Crippen LogP contribution in [0.15, 0.2) is 44.9 Å². The highest BCUT2D eigenvalue weighted by molar-refractivity contribution is 9.10. The van der Waals surface area contributed by atoms with E-state index in [1.54, 1.807) is 19.1 Å². The van der Waals surface area contributed by atoms with Gasteiger partial charge < -0.3 is 4.98 Å². The Bertz CT molecular complexity index is 771. The van der Waals surface area contributed by atoms with Crippen LogP contribution in [0.3, 0.4) is 0 Å². The molecule has 2 N–H and O–H groups in total. The molecule has 0 aliphatic heterocycles. The molecule has 2 aromatic heterocycles. The molecular formula is C11H10BrN3O3S. The maximum absolute atomic E-state index is 12.1. The third kappa shape index (κ3) is 3.02. The Morgan fingerprint density at radius 3 is 2.68 bits per heavy atom. The Morgan fingerprint density at radius 1 is 1.32 bits per heavy atom. The van der Waals surface area contributed by atoms with Gasteiger partial charge in [-0.05, 0) is 35.0 Å². The van der Waals surface area contributed by atoms with E-state index in [0.29, 0.717) is 16.0 Å². The van der Waals surface area contributed by atoms with Crippen molar-refractivity contribution in [3.05, 3.63) is 51.1 Å². The molecule has 0 bridgehead atoms. The molecule has 0 saturated carbocycles. The van der Waals surface area contributed by atoms with Crippen molar-refractivity contribution in [1.82, 2.24) is 9.97 Å². The molecule has 8 heteroatoms. The van der Waals surface area contributed by atoms with Crippen LogP contribution in [0.25, 0.3) is 0 Å². The Kier molecular flexibility index (Phi) is 3.72.